The first-order valence-corrected chi connectivity index (χ1v) is 4.12. The van der Waals surface area contributed by atoms with Gasteiger partial charge in [0.15, 0.2) is 0 Å². The molecule has 0 aliphatic carbocycles. The highest BCUT2D eigenvalue weighted by Gasteiger charge is 2.12. The van der Waals surface area contributed by atoms with Crippen LogP contribution in [0.5, 0.6) is 0 Å². The molecular weight excluding hydrogens is 134 g/mol. The topological polar surface area (TPSA) is 3.24 Å². The van der Waals surface area contributed by atoms with Gasteiger partial charge in [0.05, 0.1) is 0 Å². The predicted octanol–water partition coefficient (Wildman–Crippen LogP) is 1.69. The Bertz CT molecular complexity index is 214. The first-order valence-electron chi connectivity index (χ1n) is 4.12. The Morgan fingerprint density at radius 1 is 1.27 bits per heavy atom. The first kappa shape index (κ1) is 6.86. The van der Waals surface area contributed by atoms with Gasteiger partial charge in [0, 0.05) is 6.54 Å². The summed E-state index contributed by atoms with van der Waals surface area (Å²) in [6, 6.07) is 11.3. The fraction of sp³-hybridized carbons (Fsp3) is 0.400. The molecule has 1 fully saturated rings. The third-order valence-corrected chi connectivity index (χ3v) is 2.14. The number of benzene rings is 1. The van der Waals surface area contributed by atoms with Crippen molar-refractivity contribution >= 4 is 0 Å². The second-order valence-electron chi connectivity index (χ2n) is 3.04. The molecule has 0 atom stereocenters. The van der Waals surface area contributed by atoms with E-state index in [1.165, 1.54) is 25.1 Å². The van der Waals surface area contributed by atoms with Crippen LogP contribution >= 0.6 is 0 Å². The van der Waals surface area contributed by atoms with Gasteiger partial charge in [-0.15, -0.1) is 0 Å². The molecule has 1 aliphatic heterocycles. The lowest BCUT2D eigenvalue weighted by atomic mass is 10.1. The van der Waals surface area contributed by atoms with Crippen LogP contribution in [0.1, 0.15) is 12.0 Å². The number of nitrogens with zero attached hydrogens (tertiary/aromatic N) is 1. The third-order valence-electron chi connectivity index (χ3n) is 2.14. The van der Waals surface area contributed by atoms with Crippen LogP contribution in [-0.2, 0) is 6.54 Å². The Morgan fingerprint density at radius 2 is 2.00 bits per heavy atom. The minimum atomic E-state index is 1.12. The quantitative estimate of drug-likeness (QED) is 0.613. The van der Waals surface area contributed by atoms with Crippen LogP contribution in [0, 0.1) is 6.07 Å². The van der Waals surface area contributed by atoms with Crippen LogP contribution in [0.15, 0.2) is 24.3 Å². The van der Waals surface area contributed by atoms with Crippen molar-refractivity contribution in [1.82, 2.24) is 4.90 Å². The Balaban J connectivity index is 1.95. The summed E-state index contributed by atoms with van der Waals surface area (Å²) in [7, 11) is 0. The van der Waals surface area contributed by atoms with Crippen LogP contribution in [0.25, 0.3) is 0 Å². The number of hydrogen-bond donors (Lipinski definition) is 0. The molecule has 1 aromatic rings. The molecule has 1 aromatic carbocycles. The molecule has 1 nitrogen and oxygen atoms in total. The van der Waals surface area contributed by atoms with E-state index in [9.17, 15) is 0 Å². The Labute approximate surface area is 67.6 Å². The van der Waals surface area contributed by atoms with E-state index < -0.39 is 0 Å². The molecular formula is C10H12N. The van der Waals surface area contributed by atoms with Crippen molar-refractivity contribution in [2.45, 2.75) is 13.0 Å². The molecule has 0 unspecified atom stereocenters. The summed E-state index contributed by atoms with van der Waals surface area (Å²) >= 11 is 0. The second kappa shape index (κ2) is 3.05. The predicted molar refractivity (Wildman–Crippen MR) is 45.2 cm³/mol. The minimum Gasteiger partial charge on any atom is -0.299 e. The lowest BCUT2D eigenvalue weighted by molar-refractivity contribution is 0.172. The summed E-state index contributed by atoms with van der Waals surface area (Å²) < 4.78 is 0. The Hall–Kier alpha value is -0.820. The molecule has 0 N–H and O–H groups in total. The Morgan fingerprint density at radius 3 is 2.55 bits per heavy atom. The van der Waals surface area contributed by atoms with E-state index in [0.717, 1.165) is 6.54 Å². The molecule has 1 heterocycles. The van der Waals surface area contributed by atoms with Crippen LogP contribution in [0.2, 0.25) is 0 Å². The highest BCUT2D eigenvalue weighted by molar-refractivity contribution is 5.13. The molecule has 1 aliphatic rings. The zero-order valence-corrected chi connectivity index (χ0v) is 6.59. The Kier molecular flexibility index (Phi) is 1.91. The first-order chi connectivity index (χ1) is 5.45. The largest absolute Gasteiger partial charge is 0.299 e. The molecule has 0 saturated carbocycles. The van der Waals surface area contributed by atoms with E-state index >= 15 is 0 Å². The van der Waals surface area contributed by atoms with E-state index in [0.29, 0.717) is 0 Å². The van der Waals surface area contributed by atoms with Crippen molar-refractivity contribution < 1.29 is 0 Å². The summed E-state index contributed by atoms with van der Waals surface area (Å²) in [5.41, 5.74) is 1.41. The SMILES string of the molecule is [c]1ccc(CN2CCC2)cc1. The molecule has 2 rings (SSSR count). The van der Waals surface area contributed by atoms with E-state index in [1.807, 2.05) is 12.1 Å². The van der Waals surface area contributed by atoms with Gasteiger partial charge in [0.1, 0.15) is 0 Å². The molecule has 0 spiro atoms. The maximum atomic E-state index is 3.02. The average molecular weight is 146 g/mol. The van der Waals surface area contributed by atoms with Crippen LogP contribution < -0.4 is 0 Å². The minimum absolute atomic E-state index is 1.12. The number of rotatable bonds is 2. The highest BCUT2D eigenvalue weighted by Crippen LogP contribution is 2.10. The second-order valence-corrected chi connectivity index (χ2v) is 3.04. The van der Waals surface area contributed by atoms with E-state index in [2.05, 4.69) is 23.1 Å². The number of hydrogen-bond acceptors (Lipinski definition) is 1. The van der Waals surface area contributed by atoms with Gasteiger partial charge in [-0.3, -0.25) is 4.90 Å². The van der Waals surface area contributed by atoms with Crippen molar-refractivity contribution in [3.8, 4) is 0 Å². The van der Waals surface area contributed by atoms with Gasteiger partial charge >= 0.3 is 0 Å². The molecule has 11 heavy (non-hydrogen) atoms. The van der Waals surface area contributed by atoms with Gasteiger partial charge in [-0.1, -0.05) is 24.3 Å². The highest BCUT2D eigenvalue weighted by atomic mass is 15.2. The van der Waals surface area contributed by atoms with Gasteiger partial charge in [0.25, 0.3) is 0 Å². The maximum absolute atomic E-state index is 3.02. The van der Waals surface area contributed by atoms with Crippen molar-refractivity contribution in [2.24, 2.45) is 0 Å². The summed E-state index contributed by atoms with van der Waals surface area (Å²) in [6.07, 6.45) is 1.37. The number of likely N-dealkylation sites (tertiary alicyclic amines) is 1. The van der Waals surface area contributed by atoms with Crippen molar-refractivity contribution in [3.63, 3.8) is 0 Å². The molecule has 0 amide bonds. The van der Waals surface area contributed by atoms with Crippen LogP contribution in [0.3, 0.4) is 0 Å². The zero-order chi connectivity index (χ0) is 7.52. The van der Waals surface area contributed by atoms with Gasteiger partial charge in [0.2, 0.25) is 0 Å². The molecule has 1 saturated heterocycles. The molecule has 1 radical (unpaired) electrons. The van der Waals surface area contributed by atoms with E-state index in [1.54, 1.807) is 0 Å². The molecule has 0 aromatic heterocycles. The fourth-order valence-corrected chi connectivity index (χ4v) is 1.32. The lowest BCUT2D eigenvalue weighted by Gasteiger charge is -2.30. The molecule has 0 bridgehead atoms. The van der Waals surface area contributed by atoms with Crippen LogP contribution in [0.4, 0.5) is 0 Å². The summed E-state index contributed by atoms with van der Waals surface area (Å²) in [4.78, 5) is 2.45. The van der Waals surface area contributed by atoms with Crippen molar-refractivity contribution in [1.29, 1.82) is 0 Å². The van der Waals surface area contributed by atoms with Gasteiger partial charge in [-0.25, -0.2) is 0 Å². The molecule has 57 valence electrons. The standard InChI is InChI=1S/C10H12N/c1-2-5-10(6-3-1)9-11-7-4-8-11/h2-3,5-6H,4,7-9H2. The summed E-state index contributed by atoms with van der Waals surface area (Å²) in [5, 5.41) is 0. The zero-order valence-electron chi connectivity index (χ0n) is 6.59. The van der Waals surface area contributed by atoms with Crippen LogP contribution in [-0.4, -0.2) is 18.0 Å². The van der Waals surface area contributed by atoms with E-state index in [-0.39, 0.29) is 0 Å². The van der Waals surface area contributed by atoms with E-state index in [4.69, 9.17) is 0 Å². The fourth-order valence-electron chi connectivity index (χ4n) is 1.32. The lowest BCUT2D eigenvalue weighted by Crippen LogP contribution is -2.36. The van der Waals surface area contributed by atoms with Gasteiger partial charge < -0.3 is 0 Å². The monoisotopic (exact) mass is 146 g/mol. The smallest absolute Gasteiger partial charge is 0.0233 e. The van der Waals surface area contributed by atoms with Gasteiger partial charge in [-0.2, -0.15) is 0 Å². The van der Waals surface area contributed by atoms with Gasteiger partial charge in [-0.05, 0) is 31.1 Å². The maximum Gasteiger partial charge on any atom is 0.0233 e. The summed E-state index contributed by atoms with van der Waals surface area (Å²) in [5.74, 6) is 0. The van der Waals surface area contributed by atoms with Crippen molar-refractivity contribution in [3.05, 3.63) is 35.9 Å². The molecule has 1 heteroatoms. The normalized spacial score (nSPS) is 17.8. The third kappa shape index (κ3) is 1.60. The van der Waals surface area contributed by atoms with Crippen molar-refractivity contribution in [2.75, 3.05) is 13.1 Å². The summed E-state index contributed by atoms with van der Waals surface area (Å²) in [6.45, 7) is 3.67. The average Bonchev–Trinajstić information content (AvgIpc) is 1.99.